The van der Waals surface area contributed by atoms with Crippen molar-refractivity contribution in [3.8, 4) is 11.4 Å². The minimum Gasteiger partial charge on any atom is -0.292 e. The van der Waals surface area contributed by atoms with E-state index in [4.69, 9.17) is 0 Å². The molecule has 2 aromatic heterocycles. The molecule has 3 aromatic rings. The maximum atomic E-state index is 13.7. The minimum atomic E-state index is -4.91. The molecule has 0 radical (unpaired) electrons. The van der Waals surface area contributed by atoms with Crippen LogP contribution in [0.3, 0.4) is 0 Å². The number of hydrogen-bond donors (Lipinski definition) is 0. The highest BCUT2D eigenvalue weighted by Gasteiger charge is 2.38. The smallest absolute Gasteiger partial charge is 0.292 e. The summed E-state index contributed by atoms with van der Waals surface area (Å²) >= 11 is 0. The predicted octanol–water partition coefficient (Wildman–Crippen LogP) is 6.47. The zero-order valence-electron chi connectivity index (χ0n) is 17.5. The monoisotopic (exact) mass is 469 g/mol. The molecule has 176 valence electrons. The quantitative estimate of drug-likeness (QED) is 0.412. The van der Waals surface area contributed by atoms with Gasteiger partial charge in [0, 0.05) is 18.3 Å². The summed E-state index contributed by atoms with van der Waals surface area (Å²) in [5.41, 5.74) is -4.13. The Labute approximate surface area is 185 Å². The van der Waals surface area contributed by atoms with E-state index in [-0.39, 0.29) is 29.4 Å². The van der Waals surface area contributed by atoms with Gasteiger partial charge in [-0.15, -0.1) is 0 Å². The zero-order valence-corrected chi connectivity index (χ0v) is 17.5. The van der Waals surface area contributed by atoms with Gasteiger partial charge in [-0.05, 0) is 24.5 Å². The van der Waals surface area contributed by atoms with Crippen LogP contribution in [-0.4, -0.2) is 14.5 Å². The van der Waals surface area contributed by atoms with Gasteiger partial charge >= 0.3 is 12.4 Å². The van der Waals surface area contributed by atoms with Crippen LogP contribution >= 0.6 is 0 Å². The Balaban J connectivity index is 1.95. The minimum absolute atomic E-state index is 0.0276. The number of aromatic nitrogens is 3. The SMILES string of the molecule is O=c1c2c(C(F)(F)F)nccc2nc(-c2ccccc2C(F)(F)F)n1CCC1CCCCC1. The van der Waals surface area contributed by atoms with Crippen LogP contribution in [0, 0.1) is 5.92 Å². The van der Waals surface area contributed by atoms with Crippen LogP contribution in [0.5, 0.6) is 0 Å². The second-order valence-electron chi connectivity index (χ2n) is 8.28. The van der Waals surface area contributed by atoms with Crippen molar-refractivity contribution in [1.82, 2.24) is 14.5 Å². The number of pyridine rings is 1. The lowest BCUT2D eigenvalue weighted by Gasteiger charge is -2.23. The second-order valence-corrected chi connectivity index (χ2v) is 8.28. The first-order valence-corrected chi connectivity index (χ1v) is 10.7. The molecule has 0 N–H and O–H groups in total. The van der Waals surface area contributed by atoms with E-state index in [9.17, 15) is 31.1 Å². The topological polar surface area (TPSA) is 47.8 Å². The number of hydrogen-bond acceptors (Lipinski definition) is 3. The molecule has 33 heavy (non-hydrogen) atoms. The fourth-order valence-electron chi connectivity index (χ4n) is 4.50. The molecular formula is C23H21F6N3O. The molecule has 1 aromatic carbocycles. The van der Waals surface area contributed by atoms with Crippen molar-refractivity contribution in [2.24, 2.45) is 5.92 Å². The molecule has 4 rings (SSSR count). The van der Waals surface area contributed by atoms with E-state index in [2.05, 4.69) is 9.97 Å². The van der Waals surface area contributed by atoms with Gasteiger partial charge in [0.1, 0.15) is 5.82 Å². The van der Waals surface area contributed by atoms with Crippen LogP contribution in [0.1, 0.15) is 49.8 Å². The molecule has 10 heteroatoms. The van der Waals surface area contributed by atoms with Gasteiger partial charge in [-0.2, -0.15) is 26.3 Å². The molecule has 1 fully saturated rings. The molecule has 2 heterocycles. The van der Waals surface area contributed by atoms with E-state index >= 15 is 0 Å². The summed E-state index contributed by atoms with van der Waals surface area (Å²) < 4.78 is 82.8. The lowest BCUT2D eigenvalue weighted by molar-refractivity contribution is -0.140. The first-order valence-electron chi connectivity index (χ1n) is 10.7. The molecule has 0 unspecified atom stereocenters. The van der Waals surface area contributed by atoms with Crippen LogP contribution in [0.2, 0.25) is 0 Å². The lowest BCUT2D eigenvalue weighted by atomic mass is 9.87. The van der Waals surface area contributed by atoms with E-state index in [0.29, 0.717) is 6.42 Å². The van der Waals surface area contributed by atoms with Gasteiger partial charge in [0.15, 0.2) is 5.69 Å². The summed E-state index contributed by atoms with van der Waals surface area (Å²) in [6.07, 6.45) is -3.36. The van der Waals surface area contributed by atoms with Gasteiger partial charge in [0.2, 0.25) is 0 Å². The normalized spacial score (nSPS) is 15.8. The van der Waals surface area contributed by atoms with Crippen LogP contribution in [-0.2, 0) is 18.9 Å². The highest BCUT2D eigenvalue weighted by Crippen LogP contribution is 2.37. The van der Waals surface area contributed by atoms with Crippen LogP contribution in [0.25, 0.3) is 22.3 Å². The number of nitrogens with zero attached hydrogens (tertiary/aromatic N) is 3. The predicted molar refractivity (Wildman–Crippen MR) is 110 cm³/mol. The summed E-state index contributed by atoms with van der Waals surface area (Å²) in [4.78, 5) is 20.8. The third kappa shape index (κ3) is 4.74. The average Bonchev–Trinajstić information content (AvgIpc) is 2.77. The number of alkyl halides is 6. The van der Waals surface area contributed by atoms with E-state index < -0.39 is 34.6 Å². The van der Waals surface area contributed by atoms with Crippen molar-refractivity contribution >= 4 is 10.9 Å². The summed E-state index contributed by atoms with van der Waals surface area (Å²) in [5.74, 6) is -0.0430. The molecule has 0 atom stereocenters. The maximum Gasteiger partial charge on any atom is 0.434 e. The molecule has 1 saturated carbocycles. The van der Waals surface area contributed by atoms with Crippen molar-refractivity contribution in [3.63, 3.8) is 0 Å². The molecule has 4 nitrogen and oxygen atoms in total. The third-order valence-electron chi connectivity index (χ3n) is 6.10. The van der Waals surface area contributed by atoms with E-state index in [1.54, 1.807) is 0 Å². The van der Waals surface area contributed by atoms with Gasteiger partial charge in [-0.1, -0.05) is 50.3 Å². The summed E-state index contributed by atoms with van der Waals surface area (Å²) in [7, 11) is 0. The van der Waals surface area contributed by atoms with Crippen LogP contribution < -0.4 is 5.56 Å². The fraction of sp³-hybridized carbons (Fsp3) is 0.435. The van der Waals surface area contributed by atoms with Crippen molar-refractivity contribution in [3.05, 3.63) is 58.1 Å². The molecular weight excluding hydrogens is 448 g/mol. The van der Waals surface area contributed by atoms with Crippen LogP contribution in [0.15, 0.2) is 41.3 Å². The fourth-order valence-corrected chi connectivity index (χ4v) is 4.50. The highest BCUT2D eigenvalue weighted by atomic mass is 19.4. The number of fused-ring (bicyclic) bond motifs is 1. The van der Waals surface area contributed by atoms with Crippen molar-refractivity contribution in [2.75, 3.05) is 0 Å². The second kappa shape index (κ2) is 8.79. The Morgan fingerprint density at radius 3 is 2.30 bits per heavy atom. The van der Waals surface area contributed by atoms with Gasteiger partial charge in [0.25, 0.3) is 5.56 Å². The molecule has 0 aliphatic heterocycles. The Morgan fingerprint density at radius 2 is 1.64 bits per heavy atom. The highest BCUT2D eigenvalue weighted by molar-refractivity contribution is 5.82. The third-order valence-corrected chi connectivity index (χ3v) is 6.10. The van der Waals surface area contributed by atoms with Crippen molar-refractivity contribution < 1.29 is 26.3 Å². The summed E-state index contributed by atoms with van der Waals surface area (Å²) in [6, 6.07) is 5.74. The molecule has 0 saturated heterocycles. The Bertz CT molecular complexity index is 1210. The Kier molecular flexibility index (Phi) is 6.20. The van der Waals surface area contributed by atoms with Crippen LogP contribution in [0.4, 0.5) is 26.3 Å². The number of benzene rings is 1. The first kappa shape index (κ1) is 23.3. The van der Waals surface area contributed by atoms with Gasteiger partial charge < -0.3 is 0 Å². The van der Waals surface area contributed by atoms with E-state index in [1.807, 2.05) is 0 Å². The molecule has 0 spiro atoms. The van der Waals surface area contributed by atoms with Gasteiger partial charge in [0.05, 0.1) is 16.5 Å². The van der Waals surface area contributed by atoms with Crippen molar-refractivity contribution in [2.45, 2.75) is 57.4 Å². The summed E-state index contributed by atoms with van der Waals surface area (Å²) in [5, 5.41) is -0.734. The first-order chi connectivity index (χ1) is 15.6. The standard InChI is InChI=1S/C23H21F6N3O/c24-22(25,26)16-9-5-4-8-15(16)20-31-17-10-12-30-19(23(27,28)29)18(17)21(33)32(20)13-11-14-6-2-1-3-7-14/h4-5,8-10,12,14H,1-3,6-7,11,13H2. The number of halogens is 6. The Morgan fingerprint density at radius 1 is 0.939 bits per heavy atom. The zero-order chi connectivity index (χ0) is 23.8. The Hall–Kier alpha value is -2.91. The van der Waals surface area contributed by atoms with Gasteiger partial charge in [-0.3, -0.25) is 14.3 Å². The van der Waals surface area contributed by atoms with E-state index in [0.717, 1.165) is 55.0 Å². The number of rotatable bonds is 4. The van der Waals surface area contributed by atoms with Gasteiger partial charge in [-0.25, -0.2) is 4.98 Å². The summed E-state index contributed by atoms with van der Waals surface area (Å²) in [6.45, 7) is -0.0276. The average molecular weight is 469 g/mol. The molecule has 1 aliphatic rings. The maximum absolute atomic E-state index is 13.7. The van der Waals surface area contributed by atoms with E-state index in [1.165, 1.54) is 18.2 Å². The molecule has 0 amide bonds. The largest absolute Gasteiger partial charge is 0.434 e. The van der Waals surface area contributed by atoms with Crippen molar-refractivity contribution in [1.29, 1.82) is 0 Å². The lowest BCUT2D eigenvalue weighted by Crippen LogP contribution is -2.28. The molecule has 1 aliphatic carbocycles. The molecule has 0 bridgehead atoms.